The Morgan fingerprint density at radius 2 is 1.10 bits per heavy atom. The van der Waals surface area contributed by atoms with Crippen molar-refractivity contribution in [2.75, 3.05) is 18.0 Å². The van der Waals surface area contributed by atoms with Gasteiger partial charge in [-0.2, -0.15) is 0 Å². The summed E-state index contributed by atoms with van der Waals surface area (Å²) in [6.07, 6.45) is 2.52. The summed E-state index contributed by atoms with van der Waals surface area (Å²) in [6, 6.07) is 31.2. The average Bonchev–Trinajstić information content (AvgIpc) is 3.53. The first-order valence-corrected chi connectivity index (χ1v) is 15.9. The molecule has 0 spiro atoms. The van der Waals surface area contributed by atoms with Crippen molar-refractivity contribution in [3.05, 3.63) is 102 Å². The summed E-state index contributed by atoms with van der Waals surface area (Å²) in [5.41, 5.74) is 9.65. The van der Waals surface area contributed by atoms with E-state index in [1.807, 2.05) is 18.2 Å². The number of anilines is 1. The number of benzene rings is 5. The lowest BCUT2D eigenvalue weighted by atomic mass is 9.33. The maximum atomic E-state index is 10.9. The van der Waals surface area contributed by atoms with Crippen molar-refractivity contribution in [1.29, 1.82) is 0 Å². The van der Waals surface area contributed by atoms with E-state index >= 15 is 0 Å². The molecule has 1 N–H and O–H groups in total. The van der Waals surface area contributed by atoms with Crippen molar-refractivity contribution >= 4 is 50.3 Å². The van der Waals surface area contributed by atoms with Crippen LogP contribution in [0.2, 0.25) is 0 Å². The van der Waals surface area contributed by atoms with Crippen molar-refractivity contribution in [2.24, 2.45) is 0 Å². The van der Waals surface area contributed by atoms with Crippen LogP contribution < -0.4 is 21.3 Å². The summed E-state index contributed by atoms with van der Waals surface area (Å²) in [6.45, 7) is 16.2. The van der Waals surface area contributed by atoms with Crippen LogP contribution in [0.3, 0.4) is 0 Å². The summed E-state index contributed by atoms with van der Waals surface area (Å²) in [4.78, 5) is 2.56. The lowest BCUT2D eigenvalue weighted by molar-refractivity contribution is 0.482. The number of rotatable bonds is 7. The number of hydrogen-bond donors (Lipinski definition) is 1. The van der Waals surface area contributed by atoms with Gasteiger partial charge in [0.1, 0.15) is 5.75 Å². The fraction of sp³-hybridized carbons (Fsp3) is 0.333. The molecule has 6 rings (SSSR count). The lowest BCUT2D eigenvalue weighted by Crippen LogP contribution is -2.55. The Bertz CT molecular complexity index is 1720. The Balaban J connectivity index is 1.74. The van der Waals surface area contributed by atoms with Gasteiger partial charge in [-0.25, -0.2) is 0 Å². The molecular weight excluding hydrogens is 509 g/mol. The van der Waals surface area contributed by atoms with E-state index in [0.29, 0.717) is 23.5 Å². The number of phenolic OH excluding ortho intramolecular Hbond substituents is 1. The molecule has 1 saturated heterocycles. The molecular formula is C39H44BNO. The molecule has 1 aliphatic heterocycles. The van der Waals surface area contributed by atoms with Crippen molar-refractivity contribution in [3.8, 4) is 5.75 Å². The van der Waals surface area contributed by atoms with E-state index < -0.39 is 0 Å². The zero-order valence-corrected chi connectivity index (χ0v) is 26.1. The number of fused-ring (bicyclic) bond motifs is 2. The topological polar surface area (TPSA) is 23.5 Å². The third-order valence-electron chi connectivity index (χ3n) is 9.40. The van der Waals surface area contributed by atoms with Gasteiger partial charge in [0, 0.05) is 29.5 Å². The van der Waals surface area contributed by atoms with Gasteiger partial charge in [-0.15, -0.1) is 0 Å². The fourth-order valence-electron chi connectivity index (χ4n) is 7.17. The van der Waals surface area contributed by atoms with Crippen molar-refractivity contribution in [2.45, 2.75) is 72.1 Å². The Morgan fingerprint density at radius 1 is 0.595 bits per heavy atom. The van der Waals surface area contributed by atoms with E-state index in [0.717, 1.165) is 23.9 Å². The molecule has 1 fully saturated rings. The first-order valence-electron chi connectivity index (χ1n) is 15.9. The smallest absolute Gasteiger partial charge is 0.243 e. The highest BCUT2D eigenvalue weighted by molar-refractivity contribution is 6.98. The summed E-state index contributed by atoms with van der Waals surface area (Å²) >= 11 is 0. The number of nitrogens with zero attached hydrogens (tertiary/aromatic N) is 1. The van der Waals surface area contributed by atoms with E-state index in [-0.39, 0.29) is 6.71 Å². The van der Waals surface area contributed by atoms with Crippen LogP contribution in [-0.4, -0.2) is 24.9 Å². The largest absolute Gasteiger partial charge is 0.507 e. The molecule has 0 bridgehead atoms. The molecule has 0 saturated carbocycles. The van der Waals surface area contributed by atoms with Crippen LogP contribution >= 0.6 is 0 Å². The molecule has 3 heteroatoms. The standard InChI is InChI=1S/C39H44BNO/c1-25(2)28-23-33(26(3)4)39(34(24-28)27(5)6)40(36-18-20-38(42)32-16-10-8-14-30(32)36)35-17-19-37(41-21-11-12-22-41)31-15-9-7-13-29(31)35/h7-10,13-20,23-27,42H,11-12,21-22H2,1-6H3. The van der Waals surface area contributed by atoms with Gasteiger partial charge in [0.2, 0.25) is 6.71 Å². The second-order valence-corrected chi connectivity index (χ2v) is 13.1. The van der Waals surface area contributed by atoms with Crippen LogP contribution in [0, 0.1) is 0 Å². The highest BCUT2D eigenvalue weighted by Gasteiger charge is 2.33. The minimum Gasteiger partial charge on any atom is -0.507 e. The van der Waals surface area contributed by atoms with Gasteiger partial charge in [0.25, 0.3) is 0 Å². The first kappa shape index (κ1) is 28.4. The predicted octanol–water partition coefficient (Wildman–Crippen LogP) is 8.19. The van der Waals surface area contributed by atoms with E-state index in [1.54, 1.807) is 0 Å². The third-order valence-corrected chi connectivity index (χ3v) is 9.40. The van der Waals surface area contributed by atoms with Crippen LogP contribution in [0.15, 0.2) is 84.9 Å². The molecule has 0 radical (unpaired) electrons. The Hall–Kier alpha value is -3.72. The molecule has 2 nitrogen and oxygen atoms in total. The van der Waals surface area contributed by atoms with Crippen molar-refractivity contribution in [1.82, 2.24) is 0 Å². The summed E-state index contributed by atoms with van der Waals surface area (Å²) in [5.74, 6) is 1.54. The van der Waals surface area contributed by atoms with Gasteiger partial charge in [-0.1, -0.05) is 131 Å². The second kappa shape index (κ2) is 11.5. The third kappa shape index (κ3) is 4.98. The van der Waals surface area contributed by atoms with Crippen LogP contribution in [0.25, 0.3) is 21.5 Å². The number of phenols is 1. The molecule has 5 aromatic rings. The predicted molar refractivity (Wildman–Crippen MR) is 184 cm³/mol. The van der Waals surface area contributed by atoms with E-state index in [2.05, 4.69) is 113 Å². The average molecular weight is 554 g/mol. The normalized spacial score (nSPS) is 13.8. The van der Waals surface area contributed by atoms with Crippen LogP contribution in [0.4, 0.5) is 5.69 Å². The van der Waals surface area contributed by atoms with E-state index in [9.17, 15) is 5.11 Å². The Kier molecular flexibility index (Phi) is 7.79. The van der Waals surface area contributed by atoms with Gasteiger partial charge >= 0.3 is 0 Å². The molecule has 0 aromatic heterocycles. The van der Waals surface area contributed by atoms with Gasteiger partial charge < -0.3 is 10.0 Å². The summed E-state index contributed by atoms with van der Waals surface area (Å²) in [7, 11) is 0. The molecule has 0 aliphatic carbocycles. The lowest BCUT2D eigenvalue weighted by Gasteiger charge is -2.30. The molecule has 0 amide bonds. The maximum absolute atomic E-state index is 10.9. The molecule has 0 atom stereocenters. The summed E-state index contributed by atoms with van der Waals surface area (Å²) in [5, 5.41) is 15.6. The van der Waals surface area contributed by atoms with Crippen LogP contribution in [0.1, 0.15) is 88.8 Å². The monoisotopic (exact) mass is 553 g/mol. The minimum atomic E-state index is 0.0176. The van der Waals surface area contributed by atoms with Crippen molar-refractivity contribution in [3.63, 3.8) is 0 Å². The quantitative estimate of drug-likeness (QED) is 0.206. The van der Waals surface area contributed by atoms with E-state index in [4.69, 9.17) is 0 Å². The molecule has 5 aromatic carbocycles. The van der Waals surface area contributed by atoms with Crippen molar-refractivity contribution < 1.29 is 5.11 Å². The Labute approximate surface area is 252 Å². The van der Waals surface area contributed by atoms with Crippen LogP contribution in [0.5, 0.6) is 5.75 Å². The fourth-order valence-corrected chi connectivity index (χ4v) is 7.17. The molecule has 0 unspecified atom stereocenters. The zero-order valence-electron chi connectivity index (χ0n) is 26.1. The molecule has 1 aliphatic rings. The SMILES string of the molecule is CC(C)c1cc(C(C)C)c(B(c2ccc(O)c3ccccc23)c2ccc(N3CCCC3)c3ccccc23)c(C(C)C)c1. The van der Waals surface area contributed by atoms with Crippen LogP contribution in [-0.2, 0) is 0 Å². The highest BCUT2D eigenvalue weighted by Crippen LogP contribution is 2.32. The maximum Gasteiger partial charge on any atom is 0.243 e. The summed E-state index contributed by atoms with van der Waals surface area (Å²) < 4.78 is 0. The number of aromatic hydroxyl groups is 1. The van der Waals surface area contributed by atoms with Gasteiger partial charge in [-0.05, 0) is 70.2 Å². The zero-order chi connectivity index (χ0) is 29.5. The highest BCUT2D eigenvalue weighted by atomic mass is 16.3. The Morgan fingerprint density at radius 3 is 1.64 bits per heavy atom. The molecule has 1 heterocycles. The minimum absolute atomic E-state index is 0.0176. The molecule has 42 heavy (non-hydrogen) atoms. The van der Waals surface area contributed by atoms with Gasteiger partial charge in [-0.3, -0.25) is 0 Å². The van der Waals surface area contributed by atoms with E-state index in [1.165, 1.54) is 62.4 Å². The first-order chi connectivity index (χ1) is 20.3. The van der Waals surface area contributed by atoms with Gasteiger partial charge in [0.05, 0.1) is 0 Å². The second-order valence-electron chi connectivity index (χ2n) is 13.1. The molecule has 214 valence electrons. The van der Waals surface area contributed by atoms with Gasteiger partial charge in [0.15, 0.2) is 0 Å². The number of hydrogen-bond acceptors (Lipinski definition) is 2.